The van der Waals surface area contributed by atoms with Crippen molar-refractivity contribution in [3.8, 4) is 11.3 Å². The van der Waals surface area contributed by atoms with E-state index in [0.29, 0.717) is 6.04 Å². The van der Waals surface area contributed by atoms with E-state index < -0.39 is 0 Å². The highest BCUT2D eigenvalue weighted by molar-refractivity contribution is 9.10. The molecule has 1 aliphatic rings. The molecule has 182 valence electrons. The second kappa shape index (κ2) is 11.0. The smallest absolute Gasteiger partial charge is 0.172 e. The van der Waals surface area contributed by atoms with Gasteiger partial charge in [-0.3, -0.25) is 9.62 Å². The number of rotatable bonds is 8. The molecule has 35 heavy (non-hydrogen) atoms. The number of aromatic nitrogens is 3. The van der Waals surface area contributed by atoms with Crippen molar-refractivity contribution in [3.05, 3.63) is 71.3 Å². The van der Waals surface area contributed by atoms with Gasteiger partial charge >= 0.3 is 0 Å². The highest BCUT2D eigenvalue weighted by atomic mass is 79.9. The molecule has 0 radical (unpaired) electrons. The molecule has 3 heterocycles. The Hall–Kier alpha value is -2.52. The van der Waals surface area contributed by atoms with E-state index in [9.17, 15) is 0 Å². The van der Waals surface area contributed by atoms with Crippen LogP contribution in [0.2, 0.25) is 0 Å². The number of nitrogens with zero attached hydrogens (tertiary/aromatic N) is 4. The third kappa shape index (κ3) is 5.35. The van der Waals surface area contributed by atoms with Gasteiger partial charge in [-0.1, -0.05) is 47.9 Å². The van der Waals surface area contributed by atoms with E-state index in [4.69, 9.17) is 4.98 Å². The number of nitrogens with one attached hydrogen (secondary N) is 2. The van der Waals surface area contributed by atoms with Gasteiger partial charge in [0.05, 0.1) is 16.4 Å². The van der Waals surface area contributed by atoms with Gasteiger partial charge in [0.25, 0.3) is 0 Å². The van der Waals surface area contributed by atoms with Crippen LogP contribution in [-0.4, -0.2) is 50.5 Å². The third-order valence-corrected chi connectivity index (χ3v) is 8.78. The van der Waals surface area contributed by atoms with Crippen molar-refractivity contribution in [1.82, 2.24) is 24.2 Å². The Morgan fingerprint density at radius 2 is 1.94 bits per heavy atom. The Bertz CT molecular complexity index is 1320. The highest BCUT2D eigenvalue weighted by Crippen LogP contribution is 2.29. The van der Waals surface area contributed by atoms with E-state index >= 15 is 0 Å². The molecule has 8 heteroatoms. The van der Waals surface area contributed by atoms with Crippen molar-refractivity contribution in [3.63, 3.8) is 0 Å². The van der Waals surface area contributed by atoms with Crippen LogP contribution in [-0.2, 0) is 0 Å². The average Bonchev–Trinajstić information content (AvgIpc) is 3.52. The maximum atomic E-state index is 4.82. The zero-order chi connectivity index (χ0) is 24.2. The van der Waals surface area contributed by atoms with Gasteiger partial charge in [-0.15, -0.1) is 0 Å². The molecule has 1 fully saturated rings. The minimum atomic E-state index is -0.0732. The van der Waals surface area contributed by atoms with E-state index in [0.717, 1.165) is 46.0 Å². The number of halogens is 1. The second-order valence-corrected chi connectivity index (χ2v) is 11.4. The number of hydrogen-bond acceptors (Lipinski definition) is 5. The van der Waals surface area contributed by atoms with Crippen molar-refractivity contribution in [1.29, 1.82) is 0 Å². The Morgan fingerprint density at radius 3 is 2.69 bits per heavy atom. The molecule has 5 rings (SSSR count). The lowest BCUT2D eigenvalue weighted by Crippen LogP contribution is -2.36. The molecule has 1 saturated heterocycles. The topological polar surface area (TPSA) is 57.5 Å². The maximum Gasteiger partial charge on any atom is 0.172 e. The predicted molar refractivity (Wildman–Crippen MR) is 152 cm³/mol. The largest absolute Gasteiger partial charge is 0.340 e. The van der Waals surface area contributed by atoms with Crippen LogP contribution in [0.3, 0.4) is 0 Å². The van der Waals surface area contributed by atoms with Crippen LogP contribution in [0.1, 0.15) is 26.7 Å². The summed E-state index contributed by atoms with van der Waals surface area (Å²) in [5.74, 6) is 0.868. The fourth-order valence-corrected chi connectivity index (χ4v) is 6.40. The molecule has 4 aromatic rings. The van der Waals surface area contributed by atoms with Crippen LogP contribution in [0.25, 0.3) is 16.9 Å². The zero-order valence-electron chi connectivity index (χ0n) is 20.1. The summed E-state index contributed by atoms with van der Waals surface area (Å²) < 4.78 is 6.49. The van der Waals surface area contributed by atoms with Gasteiger partial charge in [0.15, 0.2) is 5.65 Å². The molecule has 1 aliphatic heterocycles. The van der Waals surface area contributed by atoms with E-state index in [1.165, 1.54) is 24.3 Å². The van der Waals surface area contributed by atoms with E-state index in [1.54, 1.807) is 6.20 Å². The Labute approximate surface area is 218 Å². The average molecular weight is 552 g/mol. The molecule has 2 N–H and O–H groups in total. The quantitative estimate of drug-likeness (QED) is 0.250. The third-order valence-electron chi connectivity index (χ3n) is 6.49. The lowest BCUT2D eigenvalue weighted by atomic mass is 10.1. The molecule has 2 aromatic heterocycles. The number of anilines is 2. The number of benzene rings is 2. The molecule has 2 unspecified atom stereocenters. The fraction of sp³-hybridized carbons (Fsp3) is 0.296. The van der Waals surface area contributed by atoms with Crippen LogP contribution >= 0.6 is 26.6 Å². The second-order valence-electron chi connectivity index (χ2n) is 8.62. The molecule has 0 aliphatic carbocycles. The van der Waals surface area contributed by atoms with Gasteiger partial charge in [0, 0.05) is 34.8 Å². The molecule has 2 atom stereocenters. The Morgan fingerprint density at radius 1 is 1.14 bits per heavy atom. The van der Waals surface area contributed by atoms with Crippen LogP contribution < -0.4 is 10.0 Å². The molecule has 0 saturated carbocycles. The summed E-state index contributed by atoms with van der Waals surface area (Å²) in [5, 5.41) is 10.3. The predicted octanol–water partition coefficient (Wildman–Crippen LogP) is 6.34. The fourth-order valence-electron chi connectivity index (χ4n) is 4.65. The zero-order valence-corrected chi connectivity index (χ0v) is 22.5. The normalized spacial score (nSPS) is 17.3. The van der Waals surface area contributed by atoms with Crippen molar-refractivity contribution in [2.45, 2.75) is 37.6 Å². The van der Waals surface area contributed by atoms with Crippen molar-refractivity contribution >= 4 is 49.1 Å². The minimum Gasteiger partial charge on any atom is -0.340 e. The van der Waals surface area contributed by atoms with E-state index in [2.05, 4.69) is 91.6 Å². The maximum absolute atomic E-state index is 4.82. The first-order valence-corrected chi connectivity index (χ1v) is 14.2. The van der Waals surface area contributed by atoms with Crippen molar-refractivity contribution in [2.75, 3.05) is 25.0 Å². The lowest BCUT2D eigenvalue weighted by Gasteiger charge is -2.24. The first kappa shape index (κ1) is 24.2. The number of hydrogen-bond donors (Lipinski definition) is 2. The number of fused-ring (bicyclic) bond motifs is 1. The van der Waals surface area contributed by atoms with Crippen molar-refractivity contribution in [2.24, 2.45) is 0 Å². The molecule has 2 aromatic carbocycles. The first-order chi connectivity index (χ1) is 17.2. The van der Waals surface area contributed by atoms with E-state index in [-0.39, 0.29) is 10.7 Å². The number of likely N-dealkylation sites (N-methyl/N-ethyl adjacent to an activating group) is 1. The van der Waals surface area contributed by atoms with Crippen LogP contribution in [0.15, 0.2) is 76.2 Å². The summed E-state index contributed by atoms with van der Waals surface area (Å²) in [6.07, 6.45) is 4.38. The van der Waals surface area contributed by atoms with Crippen LogP contribution in [0.4, 0.5) is 11.5 Å². The Balaban J connectivity index is 1.35. The molecule has 0 spiro atoms. The van der Waals surface area contributed by atoms with Gasteiger partial charge in [-0.05, 0) is 78.4 Å². The summed E-state index contributed by atoms with van der Waals surface area (Å²) >= 11 is 3.59. The van der Waals surface area contributed by atoms with Crippen molar-refractivity contribution < 1.29 is 0 Å². The van der Waals surface area contributed by atoms with E-state index in [1.807, 2.05) is 28.8 Å². The lowest BCUT2D eigenvalue weighted by molar-refractivity contribution is 0.269. The molecule has 6 nitrogen and oxygen atoms in total. The summed E-state index contributed by atoms with van der Waals surface area (Å²) in [6.45, 7) is 7.80. The minimum absolute atomic E-state index is 0.0732. The van der Waals surface area contributed by atoms with Gasteiger partial charge in [0.1, 0.15) is 5.82 Å². The Kier molecular flexibility index (Phi) is 7.63. The standard InChI is InChI=1S/C27H31BrN6S/c1-3-33-16-8-11-22(33)18-30-35(4-2)23-14-12-21(13-15-23)31-26-17-25(20-9-6-5-7-10-20)32-27-24(28)19-29-34(26)27/h4-7,9-10,12-15,17,19,22,30-31H,3,8,11,16,18H2,1-2H3. The first-order valence-electron chi connectivity index (χ1n) is 12.1. The SMILES string of the molecule is C/C=S(\NCC1CCCN1CC)c1ccc(Nc2cc(-c3ccccc3)nc3c(Br)cnn23)cc1. The van der Waals surface area contributed by atoms with Crippen LogP contribution in [0, 0.1) is 0 Å². The summed E-state index contributed by atoms with van der Waals surface area (Å²) in [6, 6.07) is 21.6. The summed E-state index contributed by atoms with van der Waals surface area (Å²) in [7, 11) is -0.0732. The molecule has 0 amide bonds. The molecular weight excluding hydrogens is 520 g/mol. The summed E-state index contributed by atoms with van der Waals surface area (Å²) in [5.41, 5.74) is 3.76. The van der Waals surface area contributed by atoms with Crippen LogP contribution in [0.5, 0.6) is 0 Å². The number of likely N-dealkylation sites (tertiary alicyclic amines) is 1. The molecular formula is C27H31BrN6S. The summed E-state index contributed by atoms with van der Waals surface area (Å²) in [4.78, 5) is 8.70. The van der Waals surface area contributed by atoms with Gasteiger partial charge in [0.2, 0.25) is 0 Å². The van der Waals surface area contributed by atoms with Gasteiger partial charge in [-0.2, -0.15) is 9.61 Å². The highest BCUT2D eigenvalue weighted by Gasteiger charge is 2.22. The molecule has 0 bridgehead atoms. The monoisotopic (exact) mass is 550 g/mol. The van der Waals surface area contributed by atoms with Gasteiger partial charge < -0.3 is 5.32 Å². The van der Waals surface area contributed by atoms with Gasteiger partial charge in [-0.25, -0.2) is 4.98 Å².